The van der Waals surface area contributed by atoms with Crippen molar-refractivity contribution in [2.75, 3.05) is 4.31 Å². The van der Waals surface area contributed by atoms with Gasteiger partial charge in [-0.05, 0) is 29.8 Å². The van der Waals surface area contributed by atoms with E-state index in [1.54, 1.807) is 0 Å². The van der Waals surface area contributed by atoms with E-state index in [4.69, 9.17) is 0 Å². The van der Waals surface area contributed by atoms with Crippen molar-refractivity contribution >= 4 is 16.6 Å². The van der Waals surface area contributed by atoms with Crippen molar-refractivity contribution in [3.63, 3.8) is 0 Å². The SMILES string of the molecule is O=[SH](=O)N(Cc1ccccc1)c1ccc(F)cc1. The monoisotopic (exact) mass is 265 g/mol. The van der Waals surface area contributed by atoms with Crippen molar-refractivity contribution in [1.29, 1.82) is 0 Å². The number of hydrogen-bond donors (Lipinski definition) is 1. The standard InChI is InChI=1S/C13H12FNO2S/c14-12-6-8-13(9-7-12)15(18(16)17)10-11-4-2-1-3-5-11/h1-9,18H,10H2. The topological polar surface area (TPSA) is 37.4 Å². The summed E-state index contributed by atoms with van der Waals surface area (Å²) in [4.78, 5) is 0. The van der Waals surface area contributed by atoms with Gasteiger partial charge in [0.1, 0.15) is 5.82 Å². The van der Waals surface area contributed by atoms with Crippen LogP contribution in [0, 0.1) is 5.82 Å². The van der Waals surface area contributed by atoms with Gasteiger partial charge in [-0.25, -0.2) is 12.8 Å². The fraction of sp³-hybridized carbons (Fsp3) is 0.0769. The lowest BCUT2D eigenvalue weighted by atomic mass is 10.2. The number of anilines is 1. The molecule has 3 nitrogen and oxygen atoms in total. The van der Waals surface area contributed by atoms with Crippen LogP contribution < -0.4 is 4.31 Å². The largest absolute Gasteiger partial charge is 0.268 e. The molecule has 2 aromatic carbocycles. The third-order valence-corrected chi connectivity index (χ3v) is 3.26. The van der Waals surface area contributed by atoms with Gasteiger partial charge in [0, 0.05) is 0 Å². The normalized spacial score (nSPS) is 10.6. The van der Waals surface area contributed by atoms with E-state index in [2.05, 4.69) is 0 Å². The highest BCUT2D eigenvalue weighted by molar-refractivity contribution is 7.74. The van der Waals surface area contributed by atoms with Crippen molar-refractivity contribution in [2.24, 2.45) is 0 Å². The predicted molar refractivity (Wildman–Crippen MR) is 69.3 cm³/mol. The molecule has 5 heteroatoms. The summed E-state index contributed by atoms with van der Waals surface area (Å²) in [5.41, 5.74) is 1.33. The Kier molecular flexibility index (Phi) is 3.94. The van der Waals surface area contributed by atoms with Crippen LogP contribution in [0.2, 0.25) is 0 Å². The van der Waals surface area contributed by atoms with Gasteiger partial charge in [-0.15, -0.1) is 0 Å². The lowest BCUT2D eigenvalue weighted by molar-refractivity contribution is 0.608. The summed E-state index contributed by atoms with van der Waals surface area (Å²) < 4.78 is 36.5. The van der Waals surface area contributed by atoms with E-state index in [1.807, 2.05) is 30.3 Å². The smallest absolute Gasteiger partial charge is 0.225 e. The van der Waals surface area contributed by atoms with E-state index < -0.39 is 10.9 Å². The molecule has 0 aliphatic heterocycles. The second kappa shape index (κ2) is 5.64. The summed E-state index contributed by atoms with van der Waals surface area (Å²) in [5, 5.41) is 0. The van der Waals surface area contributed by atoms with Crippen LogP contribution >= 0.6 is 0 Å². The van der Waals surface area contributed by atoms with Gasteiger partial charge in [-0.3, -0.25) is 4.31 Å². The maximum atomic E-state index is 12.8. The van der Waals surface area contributed by atoms with E-state index in [1.165, 1.54) is 28.6 Å². The van der Waals surface area contributed by atoms with Crippen LogP contribution in [0.5, 0.6) is 0 Å². The zero-order valence-corrected chi connectivity index (χ0v) is 10.4. The Labute approximate surface area is 107 Å². The zero-order valence-electron chi connectivity index (χ0n) is 9.49. The maximum Gasteiger partial charge on any atom is 0.225 e. The average molecular weight is 265 g/mol. The van der Waals surface area contributed by atoms with Crippen LogP contribution in [0.15, 0.2) is 54.6 Å². The molecule has 0 unspecified atom stereocenters. The van der Waals surface area contributed by atoms with Gasteiger partial charge in [0.25, 0.3) is 0 Å². The molecule has 0 saturated carbocycles. The maximum absolute atomic E-state index is 12.8. The molecule has 0 heterocycles. The molecule has 0 aliphatic carbocycles. The van der Waals surface area contributed by atoms with E-state index in [9.17, 15) is 12.8 Å². The molecule has 0 atom stereocenters. The molecule has 0 saturated heterocycles. The molecule has 0 aliphatic rings. The highest BCUT2D eigenvalue weighted by Crippen LogP contribution is 2.17. The summed E-state index contributed by atoms with van der Waals surface area (Å²) in [6.07, 6.45) is 0. The lowest BCUT2D eigenvalue weighted by Gasteiger charge is -2.17. The third-order valence-electron chi connectivity index (χ3n) is 2.50. The minimum Gasteiger partial charge on any atom is -0.268 e. The number of thiol groups is 1. The highest BCUT2D eigenvalue weighted by atomic mass is 32.2. The number of halogens is 1. The average Bonchev–Trinajstić information content (AvgIpc) is 2.38. The van der Waals surface area contributed by atoms with Crippen molar-refractivity contribution in [2.45, 2.75) is 6.54 Å². The molecule has 0 spiro atoms. The molecule has 18 heavy (non-hydrogen) atoms. The molecule has 94 valence electrons. The predicted octanol–water partition coefficient (Wildman–Crippen LogP) is 2.36. The third kappa shape index (κ3) is 3.07. The van der Waals surface area contributed by atoms with Gasteiger partial charge < -0.3 is 0 Å². The van der Waals surface area contributed by atoms with Crippen LogP contribution in [0.25, 0.3) is 0 Å². The molecule has 0 radical (unpaired) electrons. The van der Waals surface area contributed by atoms with E-state index in [-0.39, 0.29) is 12.4 Å². The van der Waals surface area contributed by atoms with Gasteiger partial charge in [-0.1, -0.05) is 30.3 Å². The van der Waals surface area contributed by atoms with Crippen LogP contribution in [0.4, 0.5) is 10.1 Å². The quantitative estimate of drug-likeness (QED) is 0.862. The number of nitrogens with zero attached hydrogens (tertiary/aromatic N) is 1. The molecule has 0 fully saturated rings. The summed E-state index contributed by atoms with van der Waals surface area (Å²) >= 11 is 0. The van der Waals surface area contributed by atoms with E-state index in [0.717, 1.165) is 5.56 Å². The fourth-order valence-corrected chi connectivity index (χ4v) is 2.21. The summed E-state index contributed by atoms with van der Waals surface area (Å²) in [7, 11) is -2.76. The first-order valence-electron chi connectivity index (χ1n) is 5.38. The van der Waals surface area contributed by atoms with Crippen LogP contribution in [-0.2, 0) is 17.4 Å². The minimum atomic E-state index is -2.76. The Bertz CT molecular complexity index is 574. The molecule has 0 aromatic heterocycles. The molecule has 2 rings (SSSR count). The van der Waals surface area contributed by atoms with Crippen molar-refractivity contribution in [3.8, 4) is 0 Å². The summed E-state index contributed by atoms with van der Waals surface area (Å²) in [6, 6.07) is 14.6. The van der Waals surface area contributed by atoms with Crippen molar-refractivity contribution in [3.05, 3.63) is 66.0 Å². The molecule has 0 bridgehead atoms. The first kappa shape index (κ1) is 12.6. The van der Waals surface area contributed by atoms with Gasteiger partial charge in [-0.2, -0.15) is 0 Å². The van der Waals surface area contributed by atoms with Crippen LogP contribution in [0.3, 0.4) is 0 Å². The second-order valence-corrected chi connectivity index (χ2v) is 4.72. The van der Waals surface area contributed by atoms with Gasteiger partial charge in [0.2, 0.25) is 10.9 Å². The Hall–Kier alpha value is -1.88. The Balaban J connectivity index is 2.27. The fourth-order valence-electron chi connectivity index (χ4n) is 1.61. The van der Waals surface area contributed by atoms with Crippen molar-refractivity contribution < 1.29 is 12.8 Å². The summed E-state index contributed by atoms with van der Waals surface area (Å²) in [5.74, 6) is -0.389. The first-order valence-corrected chi connectivity index (χ1v) is 6.51. The molecular weight excluding hydrogens is 253 g/mol. The van der Waals surface area contributed by atoms with Crippen LogP contribution in [-0.4, -0.2) is 8.42 Å². The summed E-state index contributed by atoms with van der Waals surface area (Å²) in [6.45, 7) is 0.241. The Morgan fingerprint density at radius 3 is 2.11 bits per heavy atom. The van der Waals surface area contributed by atoms with Crippen LogP contribution in [0.1, 0.15) is 5.56 Å². The minimum absolute atomic E-state index is 0.241. The number of benzene rings is 2. The second-order valence-electron chi connectivity index (χ2n) is 3.76. The van der Waals surface area contributed by atoms with Crippen molar-refractivity contribution in [1.82, 2.24) is 0 Å². The zero-order chi connectivity index (χ0) is 13.0. The van der Waals surface area contributed by atoms with Gasteiger partial charge in [0.05, 0.1) is 12.2 Å². The van der Waals surface area contributed by atoms with E-state index in [0.29, 0.717) is 5.69 Å². The Morgan fingerprint density at radius 1 is 0.944 bits per heavy atom. The first-order chi connectivity index (χ1) is 8.66. The molecule has 2 aromatic rings. The highest BCUT2D eigenvalue weighted by Gasteiger charge is 2.09. The van der Waals surface area contributed by atoms with Gasteiger partial charge >= 0.3 is 0 Å². The molecule has 0 amide bonds. The molecular formula is C13H12FNO2S. The molecule has 0 N–H and O–H groups in total. The number of hydrogen-bond acceptors (Lipinski definition) is 2. The number of rotatable bonds is 4. The van der Waals surface area contributed by atoms with Gasteiger partial charge in [0.15, 0.2) is 0 Å². The lowest BCUT2D eigenvalue weighted by Crippen LogP contribution is -2.20. The Morgan fingerprint density at radius 2 is 1.56 bits per heavy atom. The van der Waals surface area contributed by atoms with E-state index >= 15 is 0 Å².